The summed E-state index contributed by atoms with van der Waals surface area (Å²) in [7, 11) is 1.74. The quantitative estimate of drug-likeness (QED) is 0.402. The van der Waals surface area contributed by atoms with Gasteiger partial charge >= 0.3 is 0 Å². The topological polar surface area (TPSA) is 42.3 Å². The van der Waals surface area contributed by atoms with E-state index >= 15 is 0 Å². The molecule has 1 fully saturated rings. The van der Waals surface area contributed by atoms with Gasteiger partial charge in [0.25, 0.3) is 0 Å². The average molecular weight is 449 g/mol. The van der Waals surface area contributed by atoms with Crippen LogP contribution in [-0.4, -0.2) is 39.8 Å². The number of ether oxygens (including phenoxy) is 1. The molecule has 5 nitrogen and oxygen atoms in total. The van der Waals surface area contributed by atoms with Crippen molar-refractivity contribution < 1.29 is 4.74 Å². The van der Waals surface area contributed by atoms with E-state index < -0.39 is 0 Å². The van der Waals surface area contributed by atoms with Crippen LogP contribution in [0.3, 0.4) is 0 Å². The Morgan fingerprint density at radius 1 is 1.09 bits per heavy atom. The lowest BCUT2D eigenvalue weighted by molar-refractivity contribution is 0.180. The van der Waals surface area contributed by atoms with Crippen molar-refractivity contribution in [1.29, 1.82) is 0 Å². The summed E-state index contributed by atoms with van der Waals surface area (Å²) in [6.45, 7) is 10.3. The molecular weight excluding hydrogens is 416 g/mol. The third-order valence-corrected chi connectivity index (χ3v) is 6.90. The SMILES string of the molecule is COCCCN1C(=S)N[C@H](c2ccccn2)[C@@H]1c1cc(C)n(-c2cccc(C)c2C)c1C. The number of nitrogens with one attached hydrogen (secondary N) is 1. The number of hydrogen-bond donors (Lipinski definition) is 1. The predicted octanol–water partition coefficient (Wildman–Crippen LogP) is 5.11. The molecule has 1 N–H and O–H groups in total. The van der Waals surface area contributed by atoms with Gasteiger partial charge in [-0.1, -0.05) is 18.2 Å². The third kappa shape index (κ3) is 4.05. The zero-order chi connectivity index (χ0) is 22.8. The number of thiocarbonyl (C=S) groups is 1. The second kappa shape index (κ2) is 9.43. The fourth-order valence-electron chi connectivity index (χ4n) is 4.80. The van der Waals surface area contributed by atoms with E-state index in [2.05, 4.69) is 77.8 Å². The summed E-state index contributed by atoms with van der Waals surface area (Å²) in [5.74, 6) is 0. The lowest BCUT2D eigenvalue weighted by atomic mass is 9.96. The number of methoxy groups -OCH3 is 1. The summed E-state index contributed by atoms with van der Waals surface area (Å²) in [6, 6.07) is 15.0. The first-order chi connectivity index (χ1) is 15.4. The number of pyridine rings is 1. The maximum absolute atomic E-state index is 5.80. The Hall–Kier alpha value is -2.70. The zero-order valence-electron chi connectivity index (χ0n) is 19.6. The van der Waals surface area contributed by atoms with Gasteiger partial charge in [0.2, 0.25) is 0 Å². The molecule has 0 bridgehead atoms. The lowest BCUT2D eigenvalue weighted by Gasteiger charge is -2.28. The van der Waals surface area contributed by atoms with Crippen molar-refractivity contribution in [2.75, 3.05) is 20.3 Å². The molecule has 3 aromatic rings. The van der Waals surface area contributed by atoms with Gasteiger partial charge in [-0.15, -0.1) is 0 Å². The van der Waals surface area contributed by atoms with Gasteiger partial charge in [-0.05, 0) is 87.3 Å². The Labute approximate surface area is 196 Å². The van der Waals surface area contributed by atoms with Gasteiger partial charge in [-0.25, -0.2) is 0 Å². The number of benzene rings is 1. The minimum Gasteiger partial charge on any atom is -0.385 e. The van der Waals surface area contributed by atoms with E-state index in [1.54, 1.807) is 7.11 Å². The van der Waals surface area contributed by atoms with Crippen LogP contribution in [0.25, 0.3) is 5.69 Å². The molecule has 0 amide bonds. The molecule has 3 heterocycles. The van der Waals surface area contributed by atoms with Crippen LogP contribution < -0.4 is 5.32 Å². The minimum atomic E-state index is -0.00111. The number of rotatable bonds is 7. The molecule has 2 atom stereocenters. The van der Waals surface area contributed by atoms with Crippen molar-refractivity contribution >= 4 is 17.3 Å². The standard InChI is InChI=1S/C26H32N4OS/c1-17-10-8-12-23(19(17)3)30-18(2)16-21(20(30)4)25-24(22-11-6-7-13-27-22)28-26(32)29(25)14-9-15-31-5/h6-8,10-13,16,24-25H,9,14-15H2,1-5H3,(H,28,32)/t24-,25+/m1/s1. The van der Waals surface area contributed by atoms with E-state index in [-0.39, 0.29) is 12.1 Å². The number of hydrogen-bond acceptors (Lipinski definition) is 3. The van der Waals surface area contributed by atoms with E-state index in [1.807, 2.05) is 18.3 Å². The Bertz CT molecular complexity index is 1110. The Balaban J connectivity index is 1.82. The molecule has 1 aromatic carbocycles. The van der Waals surface area contributed by atoms with Crippen LogP contribution in [0.1, 0.15) is 52.3 Å². The summed E-state index contributed by atoms with van der Waals surface area (Å²) in [5, 5.41) is 4.33. The summed E-state index contributed by atoms with van der Waals surface area (Å²) in [6.07, 6.45) is 2.77. The van der Waals surface area contributed by atoms with Crippen LogP contribution in [0.4, 0.5) is 0 Å². The van der Waals surface area contributed by atoms with Gasteiger partial charge in [0.15, 0.2) is 5.11 Å². The van der Waals surface area contributed by atoms with E-state index in [1.165, 1.54) is 33.8 Å². The third-order valence-electron chi connectivity index (χ3n) is 6.55. The maximum atomic E-state index is 5.80. The molecule has 1 saturated heterocycles. The molecule has 2 aromatic heterocycles. The molecule has 6 heteroatoms. The number of nitrogens with zero attached hydrogens (tertiary/aromatic N) is 3. The molecule has 0 aliphatic carbocycles. The Morgan fingerprint density at radius 2 is 1.91 bits per heavy atom. The number of aromatic nitrogens is 2. The van der Waals surface area contributed by atoms with Gasteiger partial charge < -0.3 is 19.5 Å². The molecule has 1 aliphatic heterocycles. The summed E-state index contributed by atoms with van der Waals surface area (Å²) in [5.41, 5.74) is 8.59. The van der Waals surface area contributed by atoms with E-state index in [4.69, 9.17) is 17.0 Å². The highest BCUT2D eigenvalue weighted by molar-refractivity contribution is 7.80. The maximum Gasteiger partial charge on any atom is 0.170 e. The molecular formula is C26H32N4OS. The summed E-state index contributed by atoms with van der Waals surface area (Å²) in [4.78, 5) is 6.97. The van der Waals surface area contributed by atoms with Crippen molar-refractivity contribution in [1.82, 2.24) is 19.8 Å². The second-order valence-electron chi connectivity index (χ2n) is 8.55. The first-order valence-corrected chi connectivity index (χ1v) is 11.6. The molecule has 168 valence electrons. The van der Waals surface area contributed by atoms with E-state index in [0.29, 0.717) is 6.61 Å². The zero-order valence-corrected chi connectivity index (χ0v) is 20.4. The molecule has 32 heavy (non-hydrogen) atoms. The normalized spacial score (nSPS) is 18.3. The highest BCUT2D eigenvalue weighted by Crippen LogP contribution is 2.41. The van der Waals surface area contributed by atoms with Crippen LogP contribution in [0.2, 0.25) is 0 Å². The van der Waals surface area contributed by atoms with Crippen molar-refractivity contribution in [2.45, 2.75) is 46.2 Å². The van der Waals surface area contributed by atoms with Crippen molar-refractivity contribution in [3.8, 4) is 5.69 Å². The van der Waals surface area contributed by atoms with Crippen molar-refractivity contribution in [2.24, 2.45) is 0 Å². The highest BCUT2D eigenvalue weighted by atomic mass is 32.1. The monoisotopic (exact) mass is 448 g/mol. The van der Waals surface area contributed by atoms with Crippen molar-refractivity contribution in [3.05, 3.63) is 82.4 Å². The molecule has 1 aliphatic rings. The molecule has 0 saturated carbocycles. The van der Waals surface area contributed by atoms with Crippen LogP contribution in [0, 0.1) is 27.7 Å². The van der Waals surface area contributed by atoms with Crippen LogP contribution in [-0.2, 0) is 4.74 Å². The van der Waals surface area contributed by atoms with E-state index in [9.17, 15) is 0 Å². The van der Waals surface area contributed by atoms with Gasteiger partial charge in [0.05, 0.1) is 17.8 Å². The van der Waals surface area contributed by atoms with Crippen LogP contribution in [0.15, 0.2) is 48.7 Å². The average Bonchev–Trinajstić information content (AvgIpc) is 3.26. The fourth-order valence-corrected chi connectivity index (χ4v) is 5.13. The predicted molar refractivity (Wildman–Crippen MR) is 133 cm³/mol. The summed E-state index contributed by atoms with van der Waals surface area (Å²) >= 11 is 5.80. The molecule has 0 spiro atoms. The first kappa shape index (κ1) is 22.5. The van der Waals surface area contributed by atoms with E-state index in [0.717, 1.165) is 23.8 Å². The highest BCUT2D eigenvalue weighted by Gasteiger charge is 2.41. The second-order valence-corrected chi connectivity index (χ2v) is 8.93. The lowest BCUT2D eigenvalue weighted by Crippen LogP contribution is -2.31. The smallest absolute Gasteiger partial charge is 0.170 e. The Kier molecular flexibility index (Phi) is 6.63. The van der Waals surface area contributed by atoms with Gasteiger partial charge in [0.1, 0.15) is 0 Å². The van der Waals surface area contributed by atoms with Gasteiger partial charge in [-0.3, -0.25) is 4.98 Å². The largest absolute Gasteiger partial charge is 0.385 e. The van der Waals surface area contributed by atoms with Crippen molar-refractivity contribution in [3.63, 3.8) is 0 Å². The van der Waals surface area contributed by atoms with Gasteiger partial charge in [-0.2, -0.15) is 0 Å². The van der Waals surface area contributed by atoms with Gasteiger partial charge in [0, 0.05) is 43.5 Å². The first-order valence-electron chi connectivity index (χ1n) is 11.2. The molecule has 0 unspecified atom stereocenters. The summed E-state index contributed by atoms with van der Waals surface area (Å²) < 4.78 is 7.69. The fraction of sp³-hybridized carbons (Fsp3) is 0.385. The molecule has 4 rings (SSSR count). The van der Waals surface area contributed by atoms with Crippen LogP contribution in [0.5, 0.6) is 0 Å². The minimum absolute atomic E-state index is 0.00111. The Morgan fingerprint density at radius 3 is 2.62 bits per heavy atom. The molecule has 0 radical (unpaired) electrons. The number of aryl methyl sites for hydroxylation is 2. The van der Waals surface area contributed by atoms with Crippen LogP contribution >= 0.6 is 12.2 Å².